The monoisotopic (exact) mass is 422 g/mol. The molecule has 7 nitrogen and oxygen atoms in total. The summed E-state index contributed by atoms with van der Waals surface area (Å²) in [5.74, 6) is -0.106. The number of hydrogen-bond donors (Lipinski definition) is 1. The highest BCUT2D eigenvalue weighted by molar-refractivity contribution is 8.00. The van der Waals surface area contributed by atoms with Gasteiger partial charge in [0.25, 0.3) is 0 Å². The molecule has 0 bridgehead atoms. The van der Waals surface area contributed by atoms with E-state index in [4.69, 9.17) is 15.2 Å². The Morgan fingerprint density at radius 2 is 1.93 bits per heavy atom. The van der Waals surface area contributed by atoms with Crippen LogP contribution in [-0.4, -0.2) is 48.0 Å². The van der Waals surface area contributed by atoms with Crippen molar-refractivity contribution in [1.29, 1.82) is 0 Å². The molecule has 8 heteroatoms. The predicted octanol–water partition coefficient (Wildman–Crippen LogP) is 2.90. The van der Waals surface area contributed by atoms with Gasteiger partial charge in [-0.05, 0) is 37.6 Å². The summed E-state index contributed by atoms with van der Waals surface area (Å²) in [6.07, 6.45) is 4.62. The molecule has 2 amide bonds. The van der Waals surface area contributed by atoms with E-state index in [1.165, 1.54) is 29.5 Å². The van der Waals surface area contributed by atoms with Gasteiger partial charge in [0.1, 0.15) is 11.8 Å². The van der Waals surface area contributed by atoms with Gasteiger partial charge in [-0.3, -0.25) is 14.4 Å². The zero-order valence-corrected chi connectivity index (χ0v) is 17.9. The summed E-state index contributed by atoms with van der Waals surface area (Å²) >= 11 is 1.21. The maximum Gasteiger partial charge on any atom is 0.323 e. The molecule has 1 fully saturated rings. The van der Waals surface area contributed by atoms with Gasteiger partial charge < -0.3 is 15.2 Å². The number of nitrogens with zero attached hydrogens (tertiary/aromatic N) is 1. The molecule has 0 saturated carbocycles. The average Bonchev–Trinajstić information content (AvgIpc) is 3.00. The van der Waals surface area contributed by atoms with Crippen LogP contribution < -0.4 is 15.4 Å². The molecule has 0 aliphatic carbocycles. The van der Waals surface area contributed by atoms with Crippen molar-refractivity contribution in [2.45, 2.75) is 57.2 Å². The van der Waals surface area contributed by atoms with Gasteiger partial charge in [-0.25, -0.2) is 4.90 Å². The van der Waals surface area contributed by atoms with E-state index in [1.54, 1.807) is 31.2 Å². The first-order chi connectivity index (χ1) is 14.0. The fourth-order valence-corrected chi connectivity index (χ4v) is 4.04. The van der Waals surface area contributed by atoms with Crippen molar-refractivity contribution < 1.29 is 23.9 Å². The Labute approximate surface area is 176 Å². The lowest BCUT2D eigenvalue weighted by molar-refractivity contribution is -0.144. The van der Waals surface area contributed by atoms with Crippen LogP contribution in [0, 0.1) is 0 Å². The van der Waals surface area contributed by atoms with Crippen LogP contribution in [0.1, 0.15) is 46.0 Å². The van der Waals surface area contributed by atoms with Crippen molar-refractivity contribution >= 4 is 35.2 Å². The number of amides is 2. The third-order valence-corrected chi connectivity index (χ3v) is 5.86. The first kappa shape index (κ1) is 23.2. The highest BCUT2D eigenvalue weighted by atomic mass is 32.2. The molecule has 2 N–H and O–H groups in total. The smallest absolute Gasteiger partial charge is 0.323 e. The highest BCUT2D eigenvalue weighted by Crippen LogP contribution is 2.31. The quantitative estimate of drug-likeness (QED) is 0.314. The molecule has 1 aromatic rings. The first-order valence-electron chi connectivity index (χ1n) is 10.1. The average molecular weight is 423 g/mol. The molecule has 1 heterocycles. The van der Waals surface area contributed by atoms with Gasteiger partial charge in [-0.1, -0.05) is 26.2 Å². The minimum atomic E-state index is -0.814. The minimum Gasteiger partial charge on any atom is -0.494 e. The molecule has 29 heavy (non-hydrogen) atoms. The molecule has 1 aliphatic rings. The van der Waals surface area contributed by atoms with Gasteiger partial charge in [-0.15, -0.1) is 11.8 Å². The first-order valence-corrected chi connectivity index (χ1v) is 11.2. The number of esters is 1. The fourth-order valence-electron chi connectivity index (χ4n) is 2.95. The molecular weight excluding hydrogens is 392 g/mol. The van der Waals surface area contributed by atoms with Crippen LogP contribution in [0.15, 0.2) is 24.3 Å². The molecule has 0 aromatic heterocycles. The zero-order chi connectivity index (χ0) is 21.2. The maximum atomic E-state index is 12.7. The lowest BCUT2D eigenvalue weighted by atomic mass is 10.2. The Kier molecular flexibility index (Phi) is 9.47. The topological polar surface area (TPSA) is 98.9 Å². The molecule has 0 spiro atoms. The molecule has 0 unspecified atom stereocenters. The van der Waals surface area contributed by atoms with E-state index in [-0.39, 0.29) is 30.6 Å². The lowest BCUT2D eigenvalue weighted by Gasteiger charge is -2.16. The van der Waals surface area contributed by atoms with Crippen LogP contribution in [0.25, 0.3) is 0 Å². The summed E-state index contributed by atoms with van der Waals surface area (Å²) in [5, 5.41) is -0.544. The molecular formula is C21H30N2O5S. The van der Waals surface area contributed by atoms with Crippen molar-refractivity contribution in [1.82, 2.24) is 0 Å². The van der Waals surface area contributed by atoms with Gasteiger partial charge in [0.05, 0.1) is 24.2 Å². The summed E-state index contributed by atoms with van der Waals surface area (Å²) in [4.78, 5) is 37.8. The summed E-state index contributed by atoms with van der Waals surface area (Å²) in [6.45, 7) is 4.78. The number of nitrogens with two attached hydrogens (primary N) is 1. The van der Waals surface area contributed by atoms with Gasteiger partial charge in [0.15, 0.2) is 0 Å². The summed E-state index contributed by atoms with van der Waals surface area (Å²) in [6, 6.07) is 6.16. The Hall–Kier alpha value is -2.06. The predicted molar refractivity (Wildman–Crippen MR) is 114 cm³/mol. The van der Waals surface area contributed by atoms with Crippen LogP contribution in [0.4, 0.5) is 5.69 Å². The van der Waals surface area contributed by atoms with Crippen molar-refractivity contribution in [2.24, 2.45) is 5.73 Å². The zero-order valence-electron chi connectivity index (χ0n) is 17.1. The van der Waals surface area contributed by atoms with E-state index < -0.39 is 17.3 Å². The number of hydrogen-bond acceptors (Lipinski definition) is 7. The Morgan fingerprint density at radius 1 is 1.21 bits per heavy atom. The number of carbonyl (C=O) groups is 3. The van der Waals surface area contributed by atoms with E-state index >= 15 is 0 Å². The second-order valence-electron chi connectivity index (χ2n) is 6.86. The van der Waals surface area contributed by atoms with Gasteiger partial charge in [-0.2, -0.15) is 0 Å². The normalized spacial score (nSPS) is 17.5. The van der Waals surface area contributed by atoms with Gasteiger partial charge in [0, 0.05) is 12.2 Å². The largest absolute Gasteiger partial charge is 0.494 e. The standard InChI is InChI=1S/C21H30N2O5S/c1-3-5-6-7-12-28-16-10-8-15(9-11-16)23-19(24)13-18(20(23)25)29-14-17(22)21(26)27-4-2/h8-11,17-18H,3-7,12-14,22H2,1-2H3/t17-,18+/m0/s1. The Balaban J connectivity index is 1.88. The van der Waals surface area contributed by atoms with E-state index in [2.05, 4.69) is 6.92 Å². The van der Waals surface area contributed by atoms with Crippen LogP contribution in [0.5, 0.6) is 5.75 Å². The number of ether oxygens (including phenoxy) is 2. The van der Waals surface area contributed by atoms with Crippen LogP contribution in [-0.2, 0) is 19.1 Å². The summed E-state index contributed by atoms with van der Waals surface area (Å²) in [5.41, 5.74) is 6.30. The van der Waals surface area contributed by atoms with Crippen LogP contribution >= 0.6 is 11.8 Å². The van der Waals surface area contributed by atoms with E-state index in [0.717, 1.165) is 18.6 Å². The Morgan fingerprint density at radius 3 is 2.59 bits per heavy atom. The number of rotatable bonds is 12. The van der Waals surface area contributed by atoms with Crippen LogP contribution in [0.2, 0.25) is 0 Å². The molecule has 160 valence electrons. The van der Waals surface area contributed by atoms with Crippen LogP contribution in [0.3, 0.4) is 0 Å². The lowest BCUT2D eigenvalue weighted by Crippen LogP contribution is -2.36. The minimum absolute atomic E-state index is 0.0920. The SMILES string of the molecule is CCCCCCOc1ccc(N2C(=O)C[C@@H](SC[C@H](N)C(=O)OCC)C2=O)cc1. The number of carbonyl (C=O) groups excluding carboxylic acids is 3. The van der Waals surface area contributed by atoms with Crippen molar-refractivity contribution in [3.63, 3.8) is 0 Å². The number of imide groups is 1. The second-order valence-corrected chi connectivity index (χ2v) is 8.09. The molecule has 1 saturated heterocycles. The van der Waals surface area contributed by atoms with E-state index in [0.29, 0.717) is 12.3 Å². The summed E-state index contributed by atoms with van der Waals surface area (Å²) in [7, 11) is 0. The molecule has 2 rings (SSSR count). The van der Waals surface area contributed by atoms with Gasteiger partial charge >= 0.3 is 5.97 Å². The summed E-state index contributed by atoms with van der Waals surface area (Å²) < 4.78 is 10.6. The van der Waals surface area contributed by atoms with E-state index in [1.807, 2.05) is 0 Å². The number of thioether (sulfide) groups is 1. The fraction of sp³-hybridized carbons (Fsp3) is 0.571. The Bertz CT molecular complexity index is 695. The number of benzene rings is 1. The molecule has 0 radical (unpaired) electrons. The van der Waals surface area contributed by atoms with E-state index in [9.17, 15) is 14.4 Å². The van der Waals surface area contributed by atoms with Crippen molar-refractivity contribution in [3.05, 3.63) is 24.3 Å². The van der Waals surface area contributed by atoms with Gasteiger partial charge in [0.2, 0.25) is 11.8 Å². The number of unbranched alkanes of at least 4 members (excludes halogenated alkanes) is 3. The van der Waals surface area contributed by atoms with Crippen molar-refractivity contribution in [3.8, 4) is 5.75 Å². The maximum absolute atomic E-state index is 12.7. The highest BCUT2D eigenvalue weighted by Gasteiger charge is 2.40. The third-order valence-electron chi connectivity index (χ3n) is 4.53. The molecule has 1 aromatic carbocycles. The molecule has 2 atom stereocenters. The molecule has 1 aliphatic heterocycles. The van der Waals surface area contributed by atoms with Crippen molar-refractivity contribution in [2.75, 3.05) is 23.9 Å². The second kappa shape index (κ2) is 11.8. The third kappa shape index (κ3) is 6.75. The number of anilines is 1.